The van der Waals surface area contributed by atoms with Gasteiger partial charge in [-0.2, -0.15) is 0 Å². The van der Waals surface area contributed by atoms with Crippen LogP contribution in [0, 0.1) is 12.5 Å². The Morgan fingerprint density at radius 2 is 2.29 bits per heavy atom. The molecule has 1 heterocycles. The van der Waals surface area contributed by atoms with Crippen LogP contribution < -0.4 is 10.8 Å². The first-order chi connectivity index (χ1) is 7.86. The van der Waals surface area contributed by atoms with Gasteiger partial charge < -0.3 is 15.1 Å². The minimum Gasteiger partial charge on any atom is -0.480 e. The van der Waals surface area contributed by atoms with E-state index in [2.05, 4.69) is 15.6 Å². The lowest BCUT2D eigenvalue weighted by Gasteiger charge is -2.33. The van der Waals surface area contributed by atoms with Crippen LogP contribution in [0.5, 0.6) is 0 Å². The van der Waals surface area contributed by atoms with Crippen LogP contribution in [0.2, 0.25) is 0 Å². The van der Waals surface area contributed by atoms with Gasteiger partial charge >= 0.3 is 5.97 Å². The largest absolute Gasteiger partial charge is 0.480 e. The molecule has 3 atom stereocenters. The van der Waals surface area contributed by atoms with Crippen molar-refractivity contribution in [1.82, 2.24) is 10.8 Å². The number of rotatable bonds is 5. The highest BCUT2D eigenvalue weighted by atomic mass is 16.6. The molecule has 0 aromatic rings. The van der Waals surface area contributed by atoms with Gasteiger partial charge in [-0.1, -0.05) is 6.42 Å². The molecule has 6 nitrogen and oxygen atoms in total. The van der Waals surface area contributed by atoms with Crippen molar-refractivity contribution in [2.45, 2.75) is 50.4 Å². The minimum absolute atomic E-state index is 0.204. The monoisotopic (exact) mass is 242 g/mol. The number of carboxylic acids is 1. The molecule has 0 aliphatic carbocycles. The zero-order valence-corrected chi connectivity index (χ0v) is 9.93. The van der Waals surface area contributed by atoms with Crippen LogP contribution >= 0.6 is 0 Å². The predicted octanol–water partition coefficient (Wildman–Crippen LogP) is -0.557. The molecule has 0 amide bonds. The Kier molecular flexibility index (Phi) is 4.34. The predicted molar refractivity (Wildman–Crippen MR) is 60.7 cm³/mol. The molecule has 1 unspecified atom stereocenters. The third-order valence-corrected chi connectivity index (χ3v) is 2.89. The van der Waals surface area contributed by atoms with Crippen molar-refractivity contribution in [3.8, 4) is 12.5 Å². The molecule has 6 heteroatoms. The molecule has 1 aliphatic heterocycles. The molecule has 1 saturated heterocycles. The van der Waals surface area contributed by atoms with Gasteiger partial charge in [0.05, 0.1) is 11.6 Å². The second kappa shape index (κ2) is 5.36. The number of terminal acetylenes is 1. The molecule has 0 saturated carbocycles. The molecular weight excluding hydrogens is 224 g/mol. The van der Waals surface area contributed by atoms with E-state index in [4.69, 9.17) is 11.5 Å². The van der Waals surface area contributed by atoms with E-state index in [0.29, 0.717) is 12.8 Å². The number of hydroxylamine groups is 1. The topological polar surface area (TPSA) is 90.8 Å². The molecule has 0 aromatic heterocycles. The molecule has 0 aromatic carbocycles. The molecule has 4 N–H and O–H groups in total. The van der Waals surface area contributed by atoms with Crippen LogP contribution in [-0.2, 0) is 9.63 Å². The summed E-state index contributed by atoms with van der Waals surface area (Å²) in [6.07, 6.45) is 8.07. The number of carbonyl (C=O) groups is 1. The van der Waals surface area contributed by atoms with Crippen LogP contribution in [0.4, 0.5) is 0 Å². The summed E-state index contributed by atoms with van der Waals surface area (Å²) in [5.74, 6) is -0.889. The van der Waals surface area contributed by atoms with E-state index in [1.807, 2.05) is 6.11 Å². The number of hydrogen-bond donors (Lipinski definition) is 4. The number of aliphatic carboxylic acids is 1. The lowest BCUT2D eigenvalue weighted by atomic mass is 9.92. The Morgan fingerprint density at radius 1 is 1.65 bits per heavy atom. The van der Waals surface area contributed by atoms with Crippen molar-refractivity contribution in [1.29, 1.82) is 0 Å². The van der Waals surface area contributed by atoms with Crippen LogP contribution in [0.3, 0.4) is 0 Å². The summed E-state index contributed by atoms with van der Waals surface area (Å²) < 4.78 is 0. The number of nitrogens with one attached hydrogen (secondary N) is 2. The van der Waals surface area contributed by atoms with Gasteiger partial charge in [0.25, 0.3) is 0 Å². The highest BCUT2D eigenvalue weighted by molar-refractivity contribution is 5.73. The number of hydrogen-bond acceptors (Lipinski definition) is 5. The zero-order valence-electron chi connectivity index (χ0n) is 9.93. The Balaban J connectivity index is 2.66. The molecule has 1 fully saturated rings. The average molecular weight is 242 g/mol. The maximum absolute atomic E-state index is 10.8. The minimum atomic E-state index is -1.08. The van der Waals surface area contributed by atoms with Crippen LogP contribution in [0.15, 0.2) is 0 Å². The Morgan fingerprint density at radius 3 is 2.71 bits per heavy atom. The van der Waals surface area contributed by atoms with Crippen molar-refractivity contribution < 1.29 is 19.8 Å². The number of aliphatic hydroxyl groups is 1. The van der Waals surface area contributed by atoms with E-state index < -0.39 is 23.7 Å². The van der Waals surface area contributed by atoms with Crippen LogP contribution in [0.1, 0.15) is 26.7 Å². The Hall–Kier alpha value is -1.29. The van der Waals surface area contributed by atoms with Crippen LogP contribution in [-0.4, -0.2) is 39.9 Å². The zero-order chi connectivity index (χ0) is 13.1. The van der Waals surface area contributed by atoms with Gasteiger partial charge in [0.2, 0.25) is 0 Å². The molecule has 1 rings (SSSR count). The van der Waals surface area contributed by atoms with Gasteiger partial charge in [-0.05, 0) is 26.7 Å². The third kappa shape index (κ3) is 3.60. The summed E-state index contributed by atoms with van der Waals surface area (Å²) in [7, 11) is 0. The maximum atomic E-state index is 10.8. The fourth-order valence-electron chi connectivity index (χ4n) is 2.05. The highest BCUT2D eigenvalue weighted by Gasteiger charge is 2.40. The molecule has 96 valence electrons. The first-order valence-corrected chi connectivity index (χ1v) is 5.44. The fraction of sp³-hybridized carbons (Fsp3) is 0.727. The van der Waals surface area contributed by atoms with Gasteiger partial charge in [-0.25, -0.2) is 0 Å². The Labute approximate surface area is 100 Å². The first-order valence-electron chi connectivity index (χ1n) is 5.44. The molecule has 0 spiro atoms. The van der Waals surface area contributed by atoms with Crippen molar-refractivity contribution in [3.05, 3.63) is 0 Å². The number of carboxylic acid groups (broad SMARTS) is 1. The normalized spacial score (nSPS) is 26.2. The van der Waals surface area contributed by atoms with Crippen molar-refractivity contribution >= 4 is 5.97 Å². The second-order valence-electron chi connectivity index (χ2n) is 4.71. The van der Waals surface area contributed by atoms with E-state index in [-0.39, 0.29) is 6.04 Å². The van der Waals surface area contributed by atoms with Crippen molar-refractivity contribution in [2.24, 2.45) is 0 Å². The molecule has 0 bridgehead atoms. The average Bonchev–Trinajstić information content (AvgIpc) is 2.65. The molecule has 17 heavy (non-hydrogen) atoms. The smallest absolute Gasteiger partial charge is 0.320 e. The van der Waals surface area contributed by atoms with E-state index in [1.165, 1.54) is 0 Å². The molecule has 1 aliphatic rings. The van der Waals surface area contributed by atoms with Gasteiger partial charge in [-0.3, -0.25) is 10.1 Å². The third-order valence-electron chi connectivity index (χ3n) is 2.89. The summed E-state index contributed by atoms with van der Waals surface area (Å²) in [5.41, 5.74) is 1.49. The van der Waals surface area contributed by atoms with Gasteiger partial charge in [-0.15, -0.1) is 5.48 Å². The van der Waals surface area contributed by atoms with Gasteiger partial charge in [0.1, 0.15) is 12.1 Å². The summed E-state index contributed by atoms with van der Waals surface area (Å²) in [6, 6.07) is -1.27. The van der Waals surface area contributed by atoms with Crippen molar-refractivity contribution in [2.75, 3.05) is 0 Å². The molecular formula is C11H18N2O4. The molecule has 0 radical (unpaired) electrons. The quantitative estimate of drug-likeness (QED) is 0.382. The summed E-state index contributed by atoms with van der Waals surface area (Å²) in [4.78, 5) is 15.5. The van der Waals surface area contributed by atoms with E-state index in [0.717, 1.165) is 0 Å². The fourth-order valence-corrected chi connectivity index (χ4v) is 2.05. The second-order valence-corrected chi connectivity index (χ2v) is 4.71. The maximum Gasteiger partial charge on any atom is 0.320 e. The lowest BCUT2D eigenvalue weighted by Crippen LogP contribution is -2.57. The standard InChI is InChI=1S/C11H18N2O4/c1-4-17-13-9(11(2,3)16)7-5-6-8(12-7)10(14)15/h1,7-9,12-13,16H,5-6H2,2-3H3,(H,14,15)/t7-,8-,9?/m1/s1. The lowest BCUT2D eigenvalue weighted by molar-refractivity contribution is -0.139. The van der Waals surface area contributed by atoms with Gasteiger partial charge in [0.15, 0.2) is 0 Å². The van der Waals surface area contributed by atoms with Gasteiger partial charge in [0, 0.05) is 6.04 Å². The van der Waals surface area contributed by atoms with Crippen molar-refractivity contribution in [3.63, 3.8) is 0 Å². The summed E-state index contributed by atoms with van der Waals surface area (Å²) in [5, 5.41) is 21.8. The SMILES string of the molecule is C#CONC([C@H]1CC[C@H](C(=O)O)N1)C(C)(C)O. The highest BCUT2D eigenvalue weighted by Crippen LogP contribution is 2.22. The first kappa shape index (κ1) is 13.8. The Bertz CT molecular complexity index is 318. The van der Waals surface area contributed by atoms with Crippen LogP contribution in [0.25, 0.3) is 0 Å². The van der Waals surface area contributed by atoms with E-state index in [1.54, 1.807) is 13.8 Å². The summed E-state index contributed by atoms with van der Waals surface area (Å²) in [6.45, 7) is 3.22. The van der Waals surface area contributed by atoms with E-state index in [9.17, 15) is 9.90 Å². The summed E-state index contributed by atoms with van der Waals surface area (Å²) >= 11 is 0. The van der Waals surface area contributed by atoms with E-state index >= 15 is 0 Å².